The minimum atomic E-state index is -0.410. The maximum atomic E-state index is 11.8. The molecule has 0 aliphatic rings. The quantitative estimate of drug-likeness (QED) is 0.614. The lowest BCUT2D eigenvalue weighted by atomic mass is 10.2. The van der Waals surface area contributed by atoms with Crippen LogP contribution in [0.4, 0.5) is 0 Å². The van der Waals surface area contributed by atoms with Gasteiger partial charge in [0.05, 0.1) is 24.4 Å². The van der Waals surface area contributed by atoms with Gasteiger partial charge < -0.3 is 13.9 Å². The summed E-state index contributed by atoms with van der Waals surface area (Å²) >= 11 is 3.42. The van der Waals surface area contributed by atoms with Gasteiger partial charge in [-0.2, -0.15) is 5.10 Å². The van der Waals surface area contributed by atoms with Crippen LogP contribution in [0, 0.1) is 6.92 Å². The summed E-state index contributed by atoms with van der Waals surface area (Å²) in [6.07, 6.45) is 1.51. The molecule has 1 amide bonds. The molecular formula is C16H17BrN2O4. The van der Waals surface area contributed by atoms with Crippen LogP contribution in [0.25, 0.3) is 0 Å². The predicted octanol–water partition coefficient (Wildman–Crippen LogP) is 3.52. The van der Waals surface area contributed by atoms with Crippen molar-refractivity contribution in [2.45, 2.75) is 13.8 Å². The number of carbonyl (C=O) groups excluding carboxylic acids is 1. The molecular weight excluding hydrogens is 364 g/mol. The molecule has 0 saturated carbocycles. The fraction of sp³-hybridized carbons (Fsp3) is 0.250. The number of benzene rings is 1. The summed E-state index contributed by atoms with van der Waals surface area (Å²) in [5.41, 5.74) is 3.16. The van der Waals surface area contributed by atoms with E-state index in [1.807, 2.05) is 13.0 Å². The molecule has 1 aromatic carbocycles. The average molecular weight is 381 g/mol. The van der Waals surface area contributed by atoms with Crippen molar-refractivity contribution in [2.24, 2.45) is 5.10 Å². The lowest BCUT2D eigenvalue weighted by molar-refractivity contribution is 0.0926. The number of ether oxygens (including phenoxy) is 2. The Bertz CT molecular complexity index is 725. The standard InChI is InChI=1S/C16H17BrN2O4/c1-4-22-14-8-11(7-12(17)15(14)21-3)9-18-19-16(20)13-6-5-10(2)23-13/h5-9H,4H2,1-3H3,(H,19,20)/b18-9+. The molecule has 0 radical (unpaired) electrons. The minimum absolute atomic E-state index is 0.213. The van der Waals surface area contributed by atoms with E-state index in [-0.39, 0.29) is 5.76 Å². The van der Waals surface area contributed by atoms with Gasteiger partial charge in [-0.3, -0.25) is 4.79 Å². The molecule has 7 heteroatoms. The Morgan fingerprint density at radius 1 is 1.43 bits per heavy atom. The first-order valence-corrected chi connectivity index (χ1v) is 7.74. The van der Waals surface area contributed by atoms with Gasteiger partial charge in [0.2, 0.25) is 0 Å². The minimum Gasteiger partial charge on any atom is -0.492 e. The fourth-order valence-corrected chi connectivity index (χ4v) is 2.52. The number of hydrogen-bond acceptors (Lipinski definition) is 5. The van der Waals surface area contributed by atoms with E-state index in [0.29, 0.717) is 23.9 Å². The smallest absolute Gasteiger partial charge is 0.307 e. The zero-order valence-corrected chi connectivity index (χ0v) is 14.6. The first kappa shape index (κ1) is 17.1. The van der Waals surface area contributed by atoms with Gasteiger partial charge in [-0.05, 0) is 59.6 Å². The van der Waals surface area contributed by atoms with Crippen molar-refractivity contribution in [3.63, 3.8) is 0 Å². The molecule has 0 spiro atoms. The first-order chi connectivity index (χ1) is 11.0. The SMILES string of the molecule is CCOc1cc(/C=N/NC(=O)c2ccc(C)o2)cc(Br)c1OC. The number of rotatable bonds is 6. The number of amides is 1. The van der Waals surface area contributed by atoms with Crippen LogP contribution in [-0.4, -0.2) is 25.8 Å². The molecule has 0 saturated heterocycles. The number of nitrogens with zero attached hydrogens (tertiary/aromatic N) is 1. The third-order valence-electron chi connectivity index (χ3n) is 2.88. The van der Waals surface area contributed by atoms with Crippen LogP contribution < -0.4 is 14.9 Å². The molecule has 0 aliphatic heterocycles. The molecule has 6 nitrogen and oxygen atoms in total. The van der Waals surface area contributed by atoms with Gasteiger partial charge >= 0.3 is 5.91 Å². The molecule has 0 unspecified atom stereocenters. The van der Waals surface area contributed by atoms with Crippen LogP contribution in [0.3, 0.4) is 0 Å². The average Bonchev–Trinajstić information content (AvgIpc) is 2.94. The van der Waals surface area contributed by atoms with E-state index >= 15 is 0 Å². The van der Waals surface area contributed by atoms with Gasteiger partial charge in [0.25, 0.3) is 0 Å². The fourth-order valence-electron chi connectivity index (χ4n) is 1.90. The second-order valence-electron chi connectivity index (χ2n) is 4.58. The zero-order valence-electron chi connectivity index (χ0n) is 13.1. The van der Waals surface area contributed by atoms with Crippen molar-refractivity contribution in [1.82, 2.24) is 5.43 Å². The number of hydrazone groups is 1. The lowest BCUT2D eigenvalue weighted by Gasteiger charge is -2.11. The number of aryl methyl sites for hydroxylation is 1. The molecule has 1 heterocycles. The van der Waals surface area contributed by atoms with E-state index in [0.717, 1.165) is 10.0 Å². The van der Waals surface area contributed by atoms with Crippen LogP contribution in [0.2, 0.25) is 0 Å². The molecule has 0 atom stereocenters. The van der Waals surface area contributed by atoms with Crippen LogP contribution in [-0.2, 0) is 0 Å². The second kappa shape index (κ2) is 7.82. The van der Waals surface area contributed by atoms with Gasteiger partial charge in [-0.1, -0.05) is 0 Å². The number of hydrogen-bond donors (Lipinski definition) is 1. The molecule has 1 aromatic heterocycles. The molecule has 0 aliphatic carbocycles. The van der Waals surface area contributed by atoms with E-state index in [1.54, 1.807) is 32.2 Å². The summed E-state index contributed by atoms with van der Waals surface area (Å²) in [4.78, 5) is 11.8. The largest absolute Gasteiger partial charge is 0.492 e. The Morgan fingerprint density at radius 2 is 2.22 bits per heavy atom. The first-order valence-electron chi connectivity index (χ1n) is 6.95. The molecule has 1 N–H and O–H groups in total. The molecule has 0 bridgehead atoms. The van der Waals surface area contributed by atoms with Crippen LogP contribution >= 0.6 is 15.9 Å². The molecule has 2 aromatic rings. The third-order valence-corrected chi connectivity index (χ3v) is 3.47. The predicted molar refractivity (Wildman–Crippen MR) is 90.4 cm³/mol. The topological polar surface area (TPSA) is 73.1 Å². The summed E-state index contributed by atoms with van der Waals surface area (Å²) in [6.45, 7) is 4.17. The number of nitrogens with one attached hydrogen (secondary N) is 1. The van der Waals surface area contributed by atoms with Gasteiger partial charge in [0, 0.05) is 0 Å². The van der Waals surface area contributed by atoms with E-state index in [2.05, 4.69) is 26.5 Å². The van der Waals surface area contributed by atoms with Crippen LogP contribution in [0.15, 0.2) is 38.3 Å². The Morgan fingerprint density at radius 3 is 2.83 bits per heavy atom. The highest BCUT2D eigenvalue weighted by atomic mass is 79.9. The number of halogens is 1. The summed E-state index contributed by atoms with van der Waals surface area (Å²) in [7, 11) is 1.57. The van der Waals surface area contributed by atoms with E-state index in [9.17, 15) is 4.79 Å². The van der Waals surface area contributed by atoms with Gasteiger partial charge in [0.15, 0.2) is 17.3 Å². The Hall–Kier alpha value is -2.28. The van der Waals surface area contributed by atoms with Crippen LogP contribution in [0.5, 0.6) is 11.5 Å². The van der Waals surface area contributed by atoms with E-state index in [1.165, 1.54) is 6.21 Å². The monoisotopic (exact) mass is 380 g/mol. The zero-order chi connectivity index (χ0) is 16.8. The normalized spacial score (nSPS) is 10.8. The Balaban J connectivity index is 2.11. The Kier molecular flexibility index (Phi) is 5.81. The highest BCUT2D eigenvalue weighted by molar-refractivity contribution is 9.10. The molecule has 0 fully saturated rings. The second-order valence-corrected chi connectivity index (χ2v) is 5.43. The number of furan rings is 1. The summed E-state index contributed by atoms with van der Waals surface area (Å²) < 4.78 is 16.8. The van der Waals surface area contributed by atoms with Crippen molar-refractivity contribution >= 4 is 28.1 Å². The summed E-state index contributed by atoms with van der Waals surface area (Å²) in [6, 6.07) is 6.90. The van der Waals surface area contributed by atoms with Gasteiger partial charge in [-0.25, -0.2) is 5.43 Å². The maximum absolute atomic E-state index is 11.8. The summed E-state index contributed by atoms with van der Waals surface area (Å²) in [5.74, 6) is 1.68. The molecule has 122 valence electrons. The van der Waals surface area contributed by atoms with Gasteiger partial charge in [-0.15, -0.1) is 0 Å². The van der Waals surface area contributed by atoms with Crippen LogP contribution in [0.1, 0.15) is 28.8 Å². The van der Waals surface area contributed by atoms with E-state index in [4.69, 9.17) is 13.9 Å². The summed E-state index contributed by atoms with van der Waals surface area (Å²) in [5, 5.41) is 3.92. The Labute approximate surface area is 142 Å². The van der Waals surface area contributed by atoms with Crippen molar-refractivity contribution in [2.75, 3.05) is 13.7 Å². The highest BCUT2D eigenvalue weighted by Gasteiger charge is 2.11. The van der Waals surface area contributed by atoms with Gasteiger partial charge in [0.1, 0.15) is 5.76 Å². The third kappa shape index (κ3) is 4.35. The van der Waals surface area contributed by atoms with Crippen molar-refractivity contribution in [3.05, 3.63) is 45.8 Å². The van der Waals surface area contributed by atoms with Crippen molar-refractivity contribution in [3.8, 4) is 11.5 Å². The number of carbonyl (C=O) groups is 1. The molecule has 23 heavy (non-hydrogen) atoms. The maximum Gasteiger partial charge on any atom is 0.307 e. The highest BCUT2D eigenvalue weighted by Crippen LogP contribution is 2.36. The van der Waals surface area contributed by atoms with Crippen molar-refractivity contribution < 1.29 is 18.7 Å². The van der Waals surface area contributed by atoms with E-state index < -0.39 is 5.91 Å². The molecule has 2 rings (SSSR count). The number of methoxy groups -OCH3 is 1. The lowest BCUT2D eigenvalue weighted by Crippen LogP contribution is -2.16. The van der Waals surface area contributed by atoms with Crippen molar-refractivity contribution in [1.29, 1.82) is 0 Å².